The Balaban J connectivity index is 1.63. The fraction of sp³-hybridized carbons (Fsp3) is 0.353. The molecule has 0 spiro atoms. The van der Waals surface area contributed by atoms with E-state index in [1.165, 1.54) is 35.0 Å². The lowest BCUT2D eigenvalue weighted by Gasteiger charge is -2.29. The van der Waals surface area contributed by atoms with Gasteiger partial charge in [0, 0.05) is 31.9 Å². The summed E-state index contributed by atoms with van der Waals surface area (Å²) in [6.07, 6.45) is 0.720. The summed E-state index contributed by atoms with van der Waals surface area (Å²) in [5.41, 5.74) is 0.703. The van der Waals surface area contributed by atoms with Crippen LogP contribution in [0.25, 0.3) is 0 Å². The number of likely N-dealkylation sites (tertiary alicyclic amines) is 1. The molecule has 1 aromatic carbocycles. The van der Waals surface area contributed by atoms with E-state index in [1.54, 1.807) is 11.9 Å². The van der Waals surface area contributed by atoms with E-state index in [1.807, 2.05) is 0 Å². The van der Waals surface area contributed by atoms with E-state index in [0.29, 0.717) is 31.6 Å². The van der Waals surface area contributed by atoms with E-state index < -0.39 is 11.7 Å². The predicted molar refractivity (Wildman–Crippen MR) is 93.4 cm³/mol. The van der Waals surface area contributed by atoms with Crippen molar-refractivity contribution < 1.29 is 19.1 Å². The van der Waals surface area contributed by atoms with Crippen LogP contribution in [0, 0.1) is 5.82 Å². The van der Waals surface area contributed by atoms with Crippen LogP contribution in [0.1, 0.15) is 23.3 Å². The topological polar surface area (TPSA) is 99.5 Å². The van der Waals surface area contributed by atoms with Gasteiger partial charge in [-0.15, -0.1) is 0 Å². The van der Waals surface area contributed by atoms with E-state index in [4.69, 9.17) is 0 Å². The van der Waals surface area contributed by atoms with Gasteiger partial charge in [-0.25, -0.2) is 9.18 Å². The van der Waals surface area contributed by atoms with Crippen molar-refractivity contribution in [2.75, 3.05) is 23.7 Å². The van der Waals surface area contributed by atoms with Gasteiger partial charge in [-0.3, -0.25) is 14.8 Å². The molecule has 0 atom stereocenters. The molecule has 2 aromatic rings. The van der Waals surface area contributed by atoms with Crippen LogP contribution in [0.15, 0.2) is 30.3 Å². The Labute approximate surface area is 149 Å². The van der Waals surface area contributed by atoms with Gasteiger partial charge >= 0.3 is 6.03 Å². The summed E-state index contributed by atoms with van der Waals surface area (Å²) in [5, 5.41) is 18.9. The molecule has 8 nitrogen and oxygen atoms in total. The first-order chi connectivity index (χ1) is 12.4. The summed E-state index contributed by atoms with van der Waals surface area (Å²) in [6, 6.07) is 6.56. The second-order valence-corrected chi connectivity index (χ2v) is 6.15. The number of anilines is 2. The van der Waals surface area contributed by atoms with Crippen LogP contribution < -0.4 is 10.6 Å². The molecule has 26 heavy (non-hydrogen) atoms. The number of carbonyl (C=O) groups is 2. The van der Waals surface area contributed by atoms with Crippen LogP contribution >= 0.6 is 0 Å². The Morgan fingerprint density at radius 3 is 2.50 bits per heavy atom. The molecule has 3 N–H and O–H groups in total. The number of nitrogens with one attached hydrogen (secondary N) is 2. The molecule has 2 heterocycles. The molecule has 0 unspecified atom stereocenters. The summed E-state index contributed by atoms with van der Waals surface area (Å²) in [7, 11) is 1.59. The van der Waals surface area contributed by atoms with Crippen LogP contribution in [0.3, 0.4) is 0 Å². The van der Waals surface area contributed by atoms with Crippen molar-refractivity contribution >= 4 is 23.4 Å². The first-order valence-corrected chi connectivity index (χ1v) is 8.27. The molecule has 3 rings (SSSR count). The maximum Gasteiger partial charge on any atom is 0.323 e. The standard InChI is InChI=1S/C17H20FN5O3/c1-22-14(16(25)19-12-4-2-11(18)3-5-12)10-15(21-22)20-17(26)23-8-6-13(24)7-9-23/h2-5,10,13,24H,6-9H2,1H3,(H,19,25)(H,20,21,26). The summed E-state index contributed by atoms with van der Waals surface area (Å²) in [5.74, 6) is -0.556. The van der Waals surface area contributed by atoms with Crippen LogP contribution in [0.5, 0.6) is 0 Å². The predicted octanol–water partition coefficient (Wildman–Crippen LogP) is 1.80. The average molecular weight is 361 g/mol. The first kappa shape index (κ1) is 17.9. The van der Waals surface area contributed by atoms with Crippen molar-refractivity contribution in [3.63, 3.8) is 0 Å². The molecular formula is C17H20FN5O3. The molecule has 0 radical (unpaired) electrons. The summed E-state index contributed by atoms with van der Waals surface area (Å²) in [6.45, 7) is 0.940. The number of aryl methyl sites for hydroxylation is 1. The normalized spacial score (nSPS) is 15.0. The maximum atomic E-state index is 12.9. The third-order valence-electron chi connectivity index (χ3n) is 4.20. The fourth-order valence-electron chi connectivity index (χ4n) is 2.73. The number of halogens is 1. The van der Waals surface area contributed by atoms with Crippen molar-refractivity contribution in [1.29, 1.82) is 0 Å². The van der Waals surface area contributed by atoms with Crippen molar-refractivity contribution in [2.24, 2.45) is 7.05 Å². The van der Waals surface area contributed by atoms with Crippen LogP contribution in [-0.2, 0) is 7.05 Å². The highest BCUT2D eigenvalue weighted by atomic mass is 19.1. The number of benzene rings is 1. The zero-order chi connectivity index (χ0) is 18.7. The number of carbonyl (C=O) groups excluding carboxylic acids is 2. The van der Waals surface area contributed by atoms with Crippen LogP contribution in [0.4, 0.5) is 20.7 Å². The number of aliphatic hydroxyl groups is 1. The number of rotatable bonds is 3. The summed E-state index contributed by atoms with van der Waals surface area (Å²) in [4.78, 5) is 26.2. The number of aliphatic hydroxyl groups excluding tert-OH is 1. The zero-order valence-corrected chi connectivity index (χ0v) is 14.3. The van der Waals surface area contributed by atoms with Crippen LogP contribution in [0.2, 0.25) is 0 Å². The second kappa shape index (κ2) is 7.52. The maximum absolute atomic E-state index is 12.9. The molecule has 1 aromatic heterocycles. The van der Waals surface area contributed by atoms with Crippen molar-refractivity contribution in [3.8, 4) is 0 Å². The van der Waals surface area contributed by atoms with E-state index in [2.05, 4.69) is 15.7 Å². The lowest BCUT2D eigenvalue weighted by atomic mass is 10.1. The molecule has 3 amide bonds. The SMILES string of the molecule is Cn1nc(NC(=O)N2CCC(O)CC2)cc1C(=O)Nc1ccc(F)cc1. The number of nitrogens with zero attached hydrogens (tertiary/aromatic N) is 3. The van der Waals surface area contributed by atoms with Crippen molar-refractivity contribution in [1.82, 2.24) is 14.7 Å². The third-order valence-corrected chi connectivity index (χ3v) is 4.20. The van der Waals surface area contributed by atoms with E-state index in [0.717, 1.165) is 0 Å². The van der Waals surface area contributed by atoms with Gasteiger partial charge in [-0.2, -0.15) is 5.10 Å². The monoisotopic (exact) mass is 361 g/mol. The minimum Gasteiger partial charge on any atom is -0.393 e. The van der Waals surface area contributed by atoms with Gasteiger partial charge in [-0.05, 0) is 37.1 Å². The quantitative estimate of drug-likeness (QED) is 0.776. The highest BCUT2D eigenvalue weighted by Crippen LogP contribution is 2.15. The molecule has 1 saturated heterocycles. The Morgan fingerprint density at radius 1 is 1.19 bits per heavy atom. The Hall–Kier alpha value is -2.94. The number of hydrogen-bond acceptors (Lipinski definition) is 4. The number of urea groups is 1. The van der Waals surface area contributed by atoms with Gasteiger partial charge in [0.05, 0.1) is 6.10 Å². The second-order valence-electron chi connectivity index (χ2n) is 6.15. The van der Waals surface area contributed by atoms with Gasteiger partial charge in [0.15, 0.2) is 5.82 Å². The Bertz CT molecular complexity index is 797. The number of hydrogen-bond donors (Lipinski definition) is 3. The lowest BCUT2D eigenvalue weighted by molar-refractivity contribution is 0.0970. The highest BCUT2D eigenvalue weighted by molar-refractivity contribution is 6.04. The number of piperidine rings is 1. The Kier molecular flexibility index (Phi) is 5.17. The summed E-state index contributed by atoms with van der Waals surface area (Å²) < 4.78 is 14.3. The molecule has 1 fully saturated rings. The van der Waals surface area contributed by atoms with E-state index in [-0.39, 0.29) is 23.6 Å². The number of aromatic nitrogens is 2. The van der Waals surface area contributed by atoms with Crippen molar-refractivity contribution in [3.05, 3.63) is 41.8 Å². The van der Waals surface area contributed by atoms with Crippen LogP contribution in [-0.4, -0.2) is 50.9 Å². The molecule has 0 bridgehead atoms. The fourth-order valence-corrected chi connectivity index (χ4v) is 2.73. The molecule has 1 aliphatic heterocycles. The minimum atomic E-state index is -0.423. The molecule has 0 saturated carbocycles. The van der Waals surface area contributed by atoms with Gasteiger partial charge in [0.25, 0.3) is 5.91 Å². The average Bonchev–Trinajstić information content (AvgIpc) is 2.98. The molecule has 9 heteroatoms. The summed E-state index contributed by atoms with van der Waals surface area (Å²) >= 11 is 0. The van der Waals surface area contributed by atoms with Gasteiger partial charge in [-0.1, -0.05) is 0 Å². The lowest BCUT2D eigenvalue weighted by Crippen LogP contribution is -2.42. The van der Waals surface area contributed by atoms with Gasteiger partial charge < -0.3 is 15.3 Å². The molecule has 138 valence electrons. The molecule has 1 aliphatic rings. The Morgan fingerprint density at radius 2 is 1.85 bits per heavy atom. The largest absolute Gasteiger partial charge is 0.393 e. The van der Waals surface area contributed by atoms with Gasteiger partial charge in [0.2, 0.25) is 0 Å². The highest BCUT2D eigenvalue weighted by Gasteiger charge is 2.22. The zero-order valence-electron chi connectivity index (χ0n) is 14.3. The van der Waals surface area contributed by atoms with E-state index >= 15 is 0 Å². The number of amides is 3. The first-order valence-electron chi connectivity index (χ1n) is 8.27. The molecular weight excluding hydrogens is 341 g/mol. The van der Waals surface area contributed by atoms with Crippen molar-refractivity contribution in [2.45, 2.75) is 18.9 Å². The smallest absolute Gasteiger partial charge is 0.323 e. The minimum absolute atomic E-state index is 0.249. The van der Waals surface area contributed by atoms with Gasteiger partial charge in [0.1, 0.15) is 11.5 Å². The molecule has 0 aliphatic carbocycles. The van der Waals surface area contributed by atoms with E-state index in [9.17, 15) is 19.1 Å². The third kappa shape index (κ3) is 4.17.